The Morgan fingerprint density at radius 3 is 2.62 bits per heavy atom. The van der Waals surface area contributed by atoms with Crippen LogP contribution in [0.2, 0.25) is 0 Å². The van der Waals surface area contributed by atoms with Crippen molar-refractivity contribution in [2.45, 2.75) is 130 Å². The van der Waals surface area contributed by atoms with Crippen molar-refractivity contribution in [3.05, 3.63) is 24.3 Å². The minimum Gasteiger partial charge on any atom is -0.390 e. The van der Waals surface area contributed by atoms with E-state index in [0.29, 0.717) is 23.2 Å². The molecule has 2 saturated carbocycles. The Bertz CT molecular complexity index is 689. The largest absolute Gasteiger partial charge is 0.390 e. The third-order valence-electron chi connectivity index (χ3n) is 10.6. The lowest BCUT2D eigenvalue weighted by atomic mass is 9.55. The van der Waals surface area contributed by atoms with Gasteiger partial charge in [0.2, 0.25) is 0 Å². The molecule has 184 valence electrons. The molecule has 3 aliphatic rings. The van der Waals surface area contributed by atoms with Gasteiger partial charge in [0.1, 0.15) is 0 Å². The molecule has 0 saturated heterocycles. The smallest absolute Gasteiger partial charge is 0.0657 e. The van der Waals surface area contributed by atoms with Gasteiger partial charge in [-0.2, -0.15) is 0 Å². The molecule has 0 aromatic heterocycles. The average molecular weight is 445 g/mol. The summed E-state index contributed by atoms with van der Waals surface area (Å²) in [6.45, 7) is 17.8. The standard InChI is InChI=1S/C30H52O2/c1-8-16-27(4,31)17-14-22(2)26-13-12-23(3)29(26,6)18-15-24-10-9-11-25-21-28(5,32)19-20-30(24,25)7/h8,11,22-24,26,31-32H,1,9-10,12-21H2,2-7H3/t22-,23-,24-,26-,27?,28+,29+,30-/m1/s1. The van der Waals surface area contributed by atoms with Crippen molar-refractivity contribution in [1.29, 1.82) is 0 Å². The highest BCUT2D eigenvalue weighted by Crippen LogP contribution is 2.58. The summed E-state index contributed by atoms with van der Waals surface area (Å²) in [4.78, 5) is 0. The highest BCUT2D eigenvalue weighted by Gasteiger charge is 2.49. The van der Waals surface area contributed by atoms with Crippen LogP contribution in [0.25, 0.3) is 0 Å². The highest BCUT2D eigenvalue weighted by molar-refractivity contribution is 5.23. The quantitative estimate of drug-likeness (QED) is 0.356. The molecule has 2 heteroatoms. The predicted molar refractivity (Wildman–Crippen MR) is 136 cm³/mol. The van der Waals surface area contributed by atoms with Gasteiger partial charge in [-0.15, -0.1) is 6.58 Å². The zero-order valence-electron chi connectivity index (χ0n) is 22.1. The molecule has 0 amide bonds. The van der Waals surface area contributed by atoms with Crippen LogP contribution in [-0.4, -0.2) is 21.4 Å². The van der Waals surface area contributed by atoms with E-state index >= 15 is 0 Å². The first-order valence-corrected chi connectivity index (χ1v) is 13.6. The van der Waals surface area contributed by atoms with Crippen LogP contribution in [0.15, 0.2) is 24.3 Å². The molecule has 2 nitrogen and oxygen atoms in total. The van der Waals surface area contributed by atoms with Crippen LogP contribution in [0.4, 0.5) is 0 Å². The van der Waals surface area contributed by atoms with Crippen LogP contribution in [0, 0.1) is 34.5 Å². The fourth-order valence-corrected chi connectivity index (χ4v) is 7.86. The first kappa shape index (κ1) is 26.0. The lowest BCUT2D eigenvalue weighted by Gasteiger charge is -2.51. The Morgan fingerprint density at radius 2 is 1.94 bits per heavy atom. The number of hydrogen-bond acceptors (Lipinski definition) is 2. The van der Waals surface area contributed by atoms with E-state index in [-0.39, 0.29) is 0 Å². The zero-order chi connectivity index (χ0) is 23.8. The van der Waals surface area contributed by atoms with Gasteiger partial charge in [-0.25, -0.2) is 0 Å². The van der Waals surface area contributed by atoms with E-state index in [9.17, 15) is 10.2 Å². The number of fused-ring (bicyclic) bond motifs is 1. The third-order valence-corrected chi connectivity index (χ3v) is 10.6. The van der Waals surface area contributed by atoms with Gasteiger partial charge in [-0.05, 0) is 125 Å². The van der Waals surface area contributed by atoms with E-state index in [1.165, 1.54) is 38.5 Å². The molecule has 2 N–H and O–H groups in total. The molecule has 0 radical (unpaired) electrons. The summed E-state index contributed by atoms with van der Waals surface area (Å²) >= 11 is 0. The molecule has 0 bridgehead atoms. The Labute approximate surface area is 199 Å². The maximum absolute atomic E-state index is 10.7. The lowest BCUT2D eigenvalue weighted by Crippen LogP contribution is -2.43. The zero-order valence-corrected chi connectivity index (χ0v) is 22.1. The van der Waals surface area contributed by atoms with Crippen LogP contribution < -0.4 is 0 Å². The Hall–Kier alpha value is -0.600. The third kappa shape index (κ3) is 5.38. The van der Waals surface area contributed by atoms with Crippen LogP contribution in [0.1, 0.15) is 119 Å². The molecule has 0 heterocycles. The second-order valence-electron chi connectivity index (χ2n) is 13.2. The van der Waals surface area contributed by atoms with Gasteiger partial charge in [-0.3, -0.25) is 0 Å². The van der Waals surface area contributed by atoms with E-state index in [0.717, 1.165) is 49.9 Å². The normalized spacial score (nSPS) is 42.6. The van der Waals surface area contributed by atoms with E-state index in [4.69, 9.17) is 0 Å². The molecule has 0 aromatic carbocycles. The molecule has 1 unspecified atom stereocenters. The fraction of sp³-hybridized carbons (Fsp3) is 0.867. The molecule has 3 rings (SSSR count). The minimum atomic E-state index is -0.613. The second-order valence-corrected chi connectivity index (χ2v) is 13.2. The van der Waals surface area contributed by atoms with Crippen molar-refractivity contribution in [2.24, 2.45) is 34.5 Å². The summed E-state index contributed by atoms with van der Waals surface area (Å²) in [7, 11) is 0. The molecular weight excluding hydrogens is 392 g/mol. The molecule has 0 aromatic rings. The Kier molecular flexibility index (Phi) is 7.78. The summed E-state index contributed by atoms with van der Waals surface area (Å²) in [6.07, 6.45) is 17.8. The fourth-order valence-electron chi connectivity index (χ4n) is 7.86. The summed E-state index contributed by atoms with van der Waals surface area (Å²) in [5, 5.41) is 21.3. The van der Waals surface area contributed by atoms with Crippen LogP contribution in [0.3, 0.4) is 0 Å². The van der Waals surface area contributed by atoms with Crippen molar-refractivity contribution in [3.8, 4) is 0 Å². The van der Waals surface area contributed by atoms with Crippen LogP contribution in [-0.2, 0) is 0 Å². The van der Waals surface area contributed by atoms with Gasteiger partial charge in [0, 0.05) is 0 Å². The summed E-state index contributed by atoms with van der Waals surface area (Å²) < 4.78 is 0. The summed E-state index contributed by atoms with van der Waals surface area (Å²) in [5.74, 6) is 2.95. The molecule has 0 spiro atoms. The SMILES string of the molecule is C=CCC(C)(O)CC[C@@H](C)[C@H]1CC[C@@H](C)[C@]1(C)CC[C@H]1CCC=C2C[C@@](C)(O)CC[C@@]21C. The molecule has 0 aliphatic heterocycles. The number of hydrogen-bond donors (Lipinski definition) is 2. The first-order chi connectivity index (χ1) is 14.8. The summed E-state index contributed by atoms with van der Waals surface area (Å²) in [6, 6.07) is 0. The van der Waals surface area contributed by atoms with Crippen molar-refractivity contribution in [1.82, 2.24) is 0 Å². The second kappa shape index (κ2) is 9.57. The van der Waals surface area contributed by atoms with Gasteiger partial charge in [0.15, 0.2) is 0 Å². The van der Waals surface area contributed by atoms with Crippen molar-refractivity contribution in [3.63, 3.8) is 0 Å². The van der Waals surface area contributed by atoms with Gasteiger partial charge < -0.3 is 10.2 Å². The van der Waals surface area contributed by atoms with Crippen molar-refractivity contribution in [2.75, 3.05) is 0 Å². The number of aliphatic hydroxyl groups is 2. The minimum absolute atomic E-state index is 0.295. The predicted octanol–water partition coefficient (Wildman–Crippen LogP) is 7.84. The van der Waals surface area contributed by atoms with Crippen LogP contribution >= 0.6 is 0 Å². The van der Waals surface area contributed by atoms with E-state index in [1.54, 1.807) is 5.57 Å². The van der Waals surface area contributed by atoms with E-state index in [1.807, 2.05) is 19.9 Å². The molecule has 32 heavy (non-hydrogen) atoms. The average Bonchev–Trinajstić information content (AvgIpc) is 3.00. The Morgan fingerprint density at radius 1 is 1.22 bits per heavy atom. The lowest BCUT2D eigenvalue weighted by molar-refractivity contribution is -0.00889. The molecule has 3 aliphatic carbocycles. The van der Waals surface area contributed by atoms with E-state index in [2.05, 4.69) is 40.3 Å². The Balaban J connectivity index is 1.66. The van der Waals surface area contributed by atoms with Gasteiger partial charge in [0.25, 0.3) is 0 Å². The molecular formula is C30H52O2. The van der Waals surface area contributed by atoms with Crippen molar-refractivity contribution < 1.29 is 10.2 Å². The first-order valence-electron chi connectivity index (χ1n) is 13.6. The topological polar surface area (TPSA) is 40.5 Å². The van der Waals surface area contributed by atoms with Crippen LogP contribution in [0.5, 0.6) is 0 Å². The van der Waals surface area contributed by atoms with Gasteiger partial charge in [0.05, 0.1) is 11.2 Å². The van der Waals surface area contributed by atoms with Crippen molar-refractivity contribution >= 4 is 0 Å². The summed E-state index contributed by atoms with van der Waals surface area (Å²) in [5.41, 5.74) is 1.12. The number of rotatable bonds is 9. The molecule has 2 fully saturated rings. The number of allylic oxidation sites excluding steroid dienone is 1. The maximum atomic E-state index is 10.7. The molecule has 8 atom stereocenters. The monoisotopic (exact) mass is 444 g/mol. The van der Waals surface area contributed by atoms with Gasteiger partial charge >= 0.3 is 0 Å². The highest BCUT2D eigenvalue weighted by atomic mass is 16.3. The maximum Gasteiger partial charge on any atom is 0.0657 e. The van der Waals surface area contributed by atoms with E-state index < -0.39 is 11.2 Å². The van der Waals surface area contributed by atoms with Gasteiger partial charge in [-0.1, -0.05) is 45.4 Å².